The van der Waals surface area contributed by atoms with Crippen molar-refractivity contribution in [2.24, 2.45) is 5.73 Å². The largest absolute Gasteiger partial charge is 0.417 e. The topological polar surface area (TPSA) is 64.9 Å². The second kappa shape index (κ2) is 4.71. The van der Waals surface area contributed by atoms with Gasteiger partial charge in [0.1, 0.15) is 0 Å². The molecule has 1 saturated carbocycles. The van der Waals surface area contributed by atoms with Crippen LogP contribution >= 0.6 is 11.6 Å². The number of aromatic nitrogens is 2. The Morgan fingerprint density at radius 2 is 2.00 bits per heavy atom. The van der Waals surface area contributed by atoms with E-state index in [1.54, 1.807) is 0 Å². The summed E-state index contributed by atoms with van der Waals surface area (Å²) in [6.07, 6.45) is -2.10. The summed E-state index contributed by atoms with van der Waals surface area (Å²) in [6.45, 7) is 0. The molecule has 0 bridgehead atoms. The highest BCUT2D eigenvalue weighted by molar-refractivity contribution is 6.31. The van der Waals surface area contributed by atoms with Crippen LogP contribution in [0.3, 0.4) is 0 Å². The Kier molecular flexibility index (Phi) is 3.22. The van der Waals surface area contributed by atoms with Gasteiger partial charge >= 0.3 is 6.18 Å². The first kappa shape index (κ1) is 14.3. The molecule has 1 heterocycles. The van der Waals surface area contributed by atoms with E-state index in [0.717, 1.165) is 31.4 Å². The lowest BCUT2D eigenvalue weighted by molar-refractivity contribution is -0.137. The molecular formula is C13H11ClF3N3O. The quantitative estimate of drug-likeness (QED) is 0.916. The van der Waals surface area contributed by atoms with Crippen LogP contribution in [-0.4, -0.2) is 10.1 Å². The van der Waals surface area contributed by atoms with E-state index >= 15 is 0 Å². The van der Waals surface area contributed by atoms with E-state index in [2.05, 4.69) is 10.1 Å². The van der Waals surface area contributed by atoms with E-state index in [1.165, 1.54) is 6.07 Å². The Morgan fingerprint density at radius 1 is 1.29 bits per heavy atom. The van der Waals surface area contributed by atoms with Gasteiger partial charge in [-0.2, -0.15) is 18.2 Å². The van der Waals surface area contributed by atoms with Crippen molar-refractivity contribution in [3.63, 3.8) is 0 Å². The maximum Gasteiger partial charge on any atom is 0.417 e. The summed E-state index contributed by atoms with van der Waals surface area (Å²) < 4.78 is 43.5. The third-order valence-electron chi connectivity index (χ3n) is 3.64. The molecule has 1 fully saturated rings. The van der Waals surface area contributed by atoms with Gasteiger partial charge in [0.05, 0.1) is 16.1 Å². The molecule has 4 nitrogen and oxygen atoms in total. The Labute approximate surface area is 123 Å². The molecule has 0 amide bonds. The SMILES string of the molecule is NC1(c2noc(-c3ccc(Cl)c(C(F)(F)F)c3)n2)CCC1. The van der Waals surface area contributed by atoms with Crippen LogP contribution in [-0.2, 0) is 11.7 Å². The zero-order valence-corrected chi connectivity index (χ0v) is 11.5. The first-order valence-corrected chi connectivity index (χ1v) is 6.68. The predicted octanol–water partition coefficient (Wildman–Crippen LogP) is 3.75. The van der Waals surface area contributed by atoms with Gasteiger partial charge in [0.15, 0.2) is 5.82 Å². The number of rotatable bonds is 2. The van der Waals surface area contributed by atoms with Gasteiger partial charge < -0.3 is 10.3 Å². The molecule has 0 spiro atoms. The fourth-order valence-corrected chi connectivity index (χ4v) is 2.42. The number of nitrogens with zero attached hydrogens (tertiary/aromatic N) is 2. The molecule has 2 N–H and O–H groups in total. The van der Waals surface area contributed by atoms with Gasteiger partial charge in [0, 0.05) is 5.56 Å². The van der Waals surface area contributed by atoms with Crippen molar-refractivity contribution >= 4 is 11.6 Å². The highest BCUT2D eigenvalue weighted by atomic mass is 35.5. The van der Waals surface area contributed by atoms with Crippen molar-refractivity contribution in [2.45, 2.75) is 31.0 Å². The number of hydrogen-bond donors (Lipinski definition) is 1. The molecule has 0 radical (unpaired) electrons. The van der Waals surface area contributed by atoms with Gasteiger partial charge in [0.2, 0.25) is 0 Å². The lowest BCUT2D eigenvalue weighted by Crippen LogP contribution is -2.44. The van der Waals surface area contributed by atoms with Crippen molar-refractivity contribution < 1.29 is 17.7 Å². The predicted molar refractivity (Wildman–Crippen MR) is 69.5 cm³/mol. The van der Waals surface area contributed by atoms with Crippen molar-refractivity contribution in [2.75, 3.05) is 0 Å². The summed E-state index contributed by atoms with van der Waals surface area (Å²) in [7, 11) is 0. The van der Waals surface area contributed by atoms with Crippen molar-refractivity contribution in [3.8, 4) is 11.5 Å². The molecule has 0 atom stereocenters. The minimum Gasteiger partial charge on any atom is -0.334 e. The second-order valence-corrected chi connectivity index (χ2v) is 5.53. The monoisotopic (exact) mass is 317 g/mol. The van der Waals surface area contributed by atoms with Gasteiger partial charge in [-0.1, -0.05) is 16.8 Å². The average molecular weight is 318 g/mol. The molecule has 3 rings (SSSR count). The van der Waals surface area contributed by atoms with Crippen LogP contribution in [0.25, 0.3) is 11.5 Å². The Bertz CT molecular complexity index is 680. The highest BCUT2D eigenvalue weighted by Gasteiger charge is 2.39. The number of hydrogen-bond acceptors (Lipinski definition) is 4. The van der Waals surface area contributed by atoms with E-state index < -0.39 is 17.3 Å². The molecule has 1 aromatic carbocycles. The van der Waals surface area contributed by atoms with Crippen molar-refractivity contribution in [3.05, 3.63) is 34.6 Å². The number of halogens is 4. The lowest BCUT2D eigenvalue weighted by Gasteiger charge is -2.34. The van der Waals surface area contributed by atoms with Crippen LogP contribution in [0, 0.1) is 0 Å². The molecule has 21 heavy (non-hydrogen) atoms. The Hall–Kier alpha value is -1.60. The van der Waals surface area contributed by atoms with Crippen LogP contribution in [0.1, 0.15) is 30.7 Å². The number of alkyl halides is 3. The molecule has 0 unspecified atom stereocenters. The van der Waals surface area contributed by atoms with Crippen molar-refractivity contribution in [1.82, 2.24) is 10.1 Å². The van der Waals surface area contributed by atoms with E-state index in [9.17, 15) is 13.2 Å². The van der Waals surface area contributed by atoms with Gasteiger partial charge in [-0.05, 0) is 37.5 Å². The summed E-state index contributed by atoms with van der Waals surface area (Å²) in [5, 5.41) is 3.40. The fourth-order valence-electron chi connectivity index (χ4n) is 2.20. The van der Waals surface area contributed by atoms with E-state index in [1.807, 2.05) is 0 Å². The Morgan fingerprint density at radius 3 is 2.57 bits per heavy atom. The van der Waals surface area contributed by atoms with Crippen LogP contribution in [0.15, 0.2) is 22.7 Å². The molecular weight excluding hydrogens is 307 g/mol. The van der Waals surface area contributed by atoms with Gasteiger partial charge in [0.25, 0.3) is 5.89 Å². The zero-order valence-electron chi connectivity index (χ0n) is 10.7. The normalized spacial score (nSPS) is 17.6. The minimum absolute atomic E-state index is 0.00360. The standard InChI is InChI=1S/C13H11ClF3N3O/c14-9-3-2-7(6-8(9)13(15,16)17)10-19-11(20-21-10)12(18)4-1-5-12/h2-3,6H,1,4-5,18H2. The van der Waals surface area contributed by atoms with Gasteiger partial charge in [-0.3, -0.25) is 0 Å². The smallest absolute Gasteiger partial charge is 0.334 e. The van der Waals surface area contributed by atoms with Crippen LogP contribution < -0.4 is 5.73 Å². The maximum absolute atomic E-state index is 12.8. The molecule has 8 heteroatoms. The zero-order chi connectivity index (χ0) is 15.3. The minimum atomic E-state index is -4.54. The van der Waals surface area contributed by atoms with Crippen LogP contribution in [0.2, 0.25) is 5.02 Å². The Balaban J connectivity index is 1.98. The lowest BCUT2D eigenvalue weighted by atomic mass is 9.77. The molecule has 112 valence electrons. The third-order valence-corrected chi connectivity index (χ3v) is 3.97. The number of benzene rings is 1. The molecule has 1 aliphatic rings. The summed E-state index contributed by atoms with van der Waals surface area (Å²) in [5.74, 6) is 0.330. The highest BCUT2D eigenvalue weighted by Crippen LogP contribution is 2.39. The van der Waals surface area contributed by atoms with E-state index in [0.29, 0.717) is 5.82 Å². The second-order valence-electron chi connectivity index (χ2n) is 5.13. The average Bonchev–Trinajstić information content (AvgIpc) is 2.85. The first-order valence-electron chi connectivity index (χ1n) is 6.30. The van der Waals surface area contributed by atoms with Gasteiger partial charge in [-0.25, -0.2) is 0 Å². The third kappa shape index (κ3) is 2.51. The summed E-state index contributed by atoms with van der Waals surface area (Å²) in [5.41, 5.74) is 4.65. The van der Waals surface area contributed by atoms with Gasteiger partial charge in [-0.15, -0.1) is 0 Å². The summed E-state index contributed by atoms with van der Waals surface area (Å²) in [6, 6.07) is 3.45. The summed E-state index contributed by atoms with van der Waals surface area (Å²) in [4.78, 5) is 4.11. The first-order chi connectivity index (χ1) is 9.79. The van der Waals surface area contributed by atoms with Crippen LogP contribution in [0.4, 0.5) is 13.2 Å². The molecule has 1 aliphatic carbocycles. The maximum atomic E-state index is 12.8. The van der Waals surface area contributed by atoms with Crippen molar-refractivity contribution in [1.29, 1.82) is 0 Å². The van der Waals surface area contributed by atoms with E-state index in [-0.39, 0.29) is 16.5 Å². The molecule has 0 aliphatic heterocycles. The summed E-state index contributed by atoms with van der Waals surface area (Å²) >= 11 is 5.57. The van der Waals surface area contributed by atoms with E-state index in [4.69, 9.17) is 21.9 Å². The number of nitrogens with two attached hydrogens (primary N) is 1. The fraction of sp³-hybridized carbons (Fsp3) is 0.385. The molecule has 1 aromatic heterocycles. The van der Waals surface area contributed by atoms with Crippen LogP contribution in [0.5, 0.6) is 0 Å². The molecule has 2 aromatic rings. The molecule has 0 saturated heterocycles.